The number of aliphatic hydroxyl groups is 1. The van der Waals surface area contributed by atoms with E-state index < -0.39 is 15.7 Å². The monoisotopic (exact) mass is 306 g/mol. The molecule has 1 aliphatic heterocycles. The van der Waals surface area contributed by atoms with Crippen LogP contribution in [0.15, 0.2) is 4.99 Å². The molecule has 0 aromatic carbocycles. The first-order valence-corrected chi connectivity index (χ1v) is 6.99. The maximum Gasteiger partial charge on any atom is 0.237 e. The molecule has 0 aromatic rings. The molecule has 0 radical (unpaired) electrons. The van der Waals surface area contributed by atoms with Crippen molar-refractivity contribution in [3.63, 3.8) is 0 Å². The Morgan fingerprint density at radius 3 is 2.75 bits per heavy atom. The number of hydrogen-bond donors (Lipinski definition) is 2. The molecule has 1 heterocycles. The summed E-state index contributed by atoms with van der Waals surface area (Å²) in [5, 5.41) is 13.4. The summed E-state index contributed by atoms with van der Waals surface area (Å²) in [5.41, 5.74) is -1.67. The van der Waals surface area contributed by atoms with Crippen LogP contribution in [0.3, 0.4) is 0 Å². The number of aliphatic imine (C=N–C) groups is 1. The van der Waals surface area contributed by atoms with Gasteiger partial charge in [-0.3, -0.25) is 0 Å². The van der Waals surface area contributed by atoms with E-state index in [-0.39, 0.29) is 6.42 Å². The largest absolute Gasteiger partial charge is 0.367 e. The van der Waals surface area contributed by atoms with Crippen molar-refractivity contribution in [1.82, 2.24) is 5.32 Å². The quantitative estimate of drug-likeness (QED) is 0.767. The van der Waals surface area contributed by atoms with Gasteiger partial charge in [-0.05, 0) is 13.2 Å². The fourth-order valence-corrected chi connectivity index (χ4v) is 2.14. The first kappa shape index (κ1) is 14.7. The van der Waals surface area contributed by atoms with Gasteiger partial charge in [0.25, 0.3) is 0 Å². The van der Waals surface area contributed by atoms with Crippen LogP contribution in [0.25, 0.3) is 0 Å². The van der Waals surface area contributed by atoms with Crippen LogP contribution in [0.4, 0.5) is 0 Å². The van der Waals surface area contributed by atoms with Gasteiger partial charge in [-0.2, -0.15) is 0 Å². The number of thioether (sulfide) groups is 1. The number of rotatable bonds is 2. The molecule has 2 N–H and O–H groups in total. The Hall–Kier alpha value is 0.610. The highest BCUT2D eigenvalue weighted by atomic mass is 35.6. The zero-order valence-corrected chi connectivity index (χ0v) is 11.9. The van der Waals surface area contributed by atoms with Crippen LogP contribution >= 0.6 is 46.6 Å². The minimum Gasteiger partial charge on any atom is -0.367 e. The van der Waals surface area contributed by atoms with Gasteiger partial charge >= 0.3 is 0 Å². The van der Waals surface area contributed by atoms with E-state index in [4.69, 9.17) is 39.5 Å². The van der Waals surface area contributed by atoms with E-state index in [0.29, 0.717) is 11.8 Å². The zero-order chi connectivity index (χ0) is 12.4. The molecule has 2 atom stereocenters. The number of amidine groups is 1. The van der Waals surface area contributed by atoms with E-state index in [9.17, 15) is 5.11 Å². The number of ether oxygens (including phenoxy) is 1. The van der Waals surface area contributed by atoms with Gasteiger partial charge in [0, 0.05) is 13.0 Å². The molecular weight excluding hydrogens is 295 g/mol. The molecule has 0 fully saturated rings. The number of alkyl halides is 3. The summed E-state index contributed by atoms with van der Waals surface area (Å²) in [7, 11) is 0. The SMILES string of the molecule is CCOC1CC(O)(C(Cl)(Cl)Cl)NC(SC)=N1. The lowest BCUT2D eigenvalue weighted by atomic mass is 10.1. The van der Waals surface area contributed by atoms with Crippen molar-refractivity contribution in [2.75, 3.05) is 12.9 Å². The van der Waals surface area contributed by atoms with Crippen LogP contribution in [0.2, 0.25) is 0 Å². The third-order valence-corrected chi connectivity index (χ3v) is 3.60. The molecule has 94 valence electrons. The van der Waals surface area contributed by atoms with Crippen molar-refractivity contribution >= 4 is 51.7 Å². The van der Waals surface area contributed by atoms with Crippen molar-refractivity contribution in [2.45, 2.75) is 29.1 Å². The van der Waals surface area contributed by atoms with Crippen molar-refractivity contribution in [1.29, 1.82) is 0 Å². The van der Waals surface area contributed by atoms with Crippen LogP contribution < -0.4 is 5.32 Å². The minimum absolute atomic E-state index is 0.0847. The summed E-state index contributed by atoms with van der Waals surface area (Å²) in [6, 6.07) is 0. The molecule has 8 heteroatoms. The maximum absolute atomic E-state index is 10.2. The van der Waals surface area contributed by atoms with Crippen molar-refractivity contribution < 1.29 is 9.84 Å². The van der Waals surface area contributed by atoms with E-state index >= 15 is 0 Å². The average Bonchev–Trinajstić information content (AvgIpc) is 2.15. The number of halogens is 3. The van der Waals surface area contributed by atoms with Crippen LogP contribution in [-0.4, -0.2) is 38.9 Å². The summed E-state index contributed by atoms with van der Waals surface area (Å²) in [5.74, 6) is 0. The fraction of sp³-hybridized carbons (Fsp3) is 0.875. The standard InChI is InChI=1S/C8H13Cl3N2O2S/c1-3-15-5-4-7(14,8(9,10)11)13-6(12-5)16-2/h5,14H,3-4H2,1-2H3,(H,12,13). The summed E-state index contributed by atoms with van der Waals surface area (Å²) in [6.07, 6.45) is 1.38. The van der Waals surface area contributed by atoms with E-state index in [1.807, 2.05) is 6.92 Å². The Labute approximate surface area is 114 Å². The van der Waals surface area contributed by atoms with Crippen LogP contribution in [0, 0.1) is 0 Å². The highest BCUT2D eigenvalue weighted by Crippen LogP contribution is 2.41. The van der Waals surface area contributed by atoms with Gasteiger partial charge in [-0.25, -0.2) is 4.99 Å². The van der Waals surface area contributed by atoms with Gasteiger partial charge in [0.2, 0.25) is 3.79 Å². The van der Waals surface area contributed by atoms with Gasteiger partial charge in [0.05, 0.1) is 0 Å². The van der Waals surface area contributed by atoms with Crippen molar-refractivity contribution in [3.05, 3.63) is 0 Å². The molecule has 4 nitrogen and oxygen atoms in total. The van der Waals surface area contributed by atoms with Gasteiger partial charge < -0.3 is 15.2 Å². The average molecular weight is 308 g/mol. The highest BCUT2D eigenvalue weighted by Gasteiger charge is 2.51. The van der Waals surface area contributed by atoms with E-state index in [1.54, 1.807) is 6.26 Å². The lowest BCUT2D eigenvalue weighted by molar-refractivity contribution is -0.0484. The lowest BCUT2D eigenvalue weighted by Crippen LogP contribution is -2.61. The predicted molar refractivity (Wildman–Crippen MR) is 69.4 cm³/mol. The van der Waals surface area contributed by atoms with Crippen LogP contribution in [-0.2, 0) is 4.74 Å². The van der Waals surface area contributed by atoms with Gasteiger partial charge in [0.15, 0.2) is 17.1 Å². The molecule has 0 aliphatic carbocycles. The van der Waals surface area contributed by atoms with E-state index in [2.05, 4.69) is 10.3 Å². The Morgan fingerprint density at radius 2 is 2.31 bits per heavy atom. The first-order valence-electron chi connectivity index (χ1n) is 4.63. The Bertz CT molecular complexity index is 285. The Kier molecular flexibility index (Phi) is 5.04. The van der Waals surface area contributed by atoms with Crippen molar-refractivity contribution in [2.24, 2.45) is 4.99 Å². The number of nitrogens with zero attached hydrogens (tertiary/aromatic N) is 1. The summed E-state index contributed by atoms with van der Waals surface area (Å²) >= 11 is 18.5. The number of nitrogens with one attached hydrogen (secondary N) is 1. The maximum atomic E-state index is 10.2. The lowest BCUT2D eigenvalue weighted by Gasteiger charge is -2.40. The third kappa shape index (κ3) is 3.31. The third-order valence-electron chi connectivity index (χ3n) is 2.07. The van der Waals surface area contributed by atoms with Crippen molar-refractivity contribution in [3.8, 4) is 0 Å². The molecular formula is C8H13Cl3N2O2S. The molecule has 0 aromatic heterocycles. The predicted octanol–water partition coefficient (Wildman–Crippen LogP) is 2.12. The Morgan fingerprint density at radius 1 is 1.69 bits per heavy atom. The highest BCUT2D eigenvalue weighted by molar-refractivity contribution is 8.13. The molecule has 0 spiro atoms. The molecule has 0 saturated heterocycles. The molecule has 0 amide bonds. The molecule has 1 aliphatic rings. The van der Waals surface area contributed by atoms with Crippen LogP contribution in [0.1, 0.15) is 13.3 Å². The van der Waals surface area contributed by atoms with E-state index in [1.165, 1.54) is 11.8 Å². The fourth-order valence-electron chi connectivity index (χ4n) is 1.27. The van der Waals surface area contributed by atoms with Gasteiger partial charge in [-0.15, -0.1) is 0 Å². The second kappa shape index (κ2) is 5.50. The van der Waals surface area contributed by atoms with Gasteiger partial charge in [-0.1, -0.05) is 46.6 Å². The summed E-state index contributed by atoms with van der Waals surface area (Å²) in [6.45, 7) is 2.32. The minimum atomic E-state index is -1.85. The normalized spacial score (nSPS) is 30.9. The molecule has 0 saturated carbocycles. The molecule has 1 rings (SSSR count). The zero-order valence-electron chi connectivity index (χ0n) is 8.84. The second-order valence-electron chi connectivity index (χ2n) is 3.24. The Balaban J connectivity index is 2.89. The topological polar surface area (TPSA) is 53.9 Å². The van der Waals surface area contributed by atoms with Crippen LogP contribution in [0.5, 0.6) is 0 Å². The van der Waals surface area contributed by atoms with E-state index in [0.717, 1.165) is 0 Å². The first-order chi connectivity index (χ1) is 7.32. The molecule has 16 heavy (non-hydrogen) atoms. The molecule has 2 unspecified atom stereocenters. The number of hydrogen-bond acceptors (Lipinski definition) is 5. The summed E-state index contributed by atoms with van der Waals surface area (Å²) < 4.78 is 3.48. The smallest absolute Gasteiger partial charge is 0.237 e. The molecule has 0 bridgehead atoms. The second-order valence-corrected chi connectivity index (χ2v) is 6.31. The van der Waals surface area contributed by atoms with Gasteiger partial charge in [0.1, 0.15) is 0 Å². The summed E-state index contributed by atoms with van der Waals surface area (Å²) in [4.78, 5) is 4.21.